The lowest BCUT2D eigenvalue weighted by atomic mass is 10.0. The van der Waals surface area contributed by atoms with E-state index in [4.69, 9.17) is 51.1 Å². The second-order valence-electron chi connectivity index (χ2n) is 7.90. The molecule has 2 aromatic carbocycles. The highest BCUT2D eigenvalue weighted by Gasteiger charge is 2.46. The fourth-order valence-electron chi connectivity index (χ4n) is 3.21. The Morgan fingerprint density at radius 2 is 1.39 bits per heavy atom. The Bertz CT molecular complexity index is 1050. The SMILES string of the molecule is CC(C)(C)Oc1ccc(C[C@H](C(=O)O)N2C(=O)c3c(Cl)c(Cl)c(Cl)c(Cl)c3C2=O)cc1. The Labute approximate surface area is 198 Å². The maximum Gasteiger partial charge on any atom is 0.327 e. The molecule has 164 valence electrons. The molecule has 2 aromatic rings. The van der Waals surface area contributed by atoms with Crippen LogP contribution < -0.4 is 4.74 Å². The van der Waals surface area contributed by atoms with Crippen molar-refractivity contribution in [3.8, 4) is 5.75 Å². The fourth-order valence-corrected chi connectivity index (χ4v) is 4.22. The Morgan fingerprint density at radius 3 is 1.77 bits per heavy atom. The van der Waals surface area contributed by atoms with Crippen LogP contribution in [0, 0.1) is 0 Å². The number of hydrogen-bond acceptors (Lipinski definition) is 4. The summed E-state index contributed by atoms with van der Waals surface area (Å²) < 4.78 is 5.74. The van der Waals surface area contributed by atoms with Crippen molar-refractivity contribution in [1.29, 1.82) is 0 Å². The van der Waals surface area contributed by atoms with Crippen LogP contribution in [-0.2, 0) is 11.2 Å². The van der Waals surface area contributed by atoms with Crippen molar-refractivity contribution in [1.82, 2.24) is 4.90 Å². The fraction of sp³-hybridized carbons (Fsp3) is 0.286. The minimum atomic E-state index is -1.49. The average Bonchev–Trinajstić information content (AvgIpc) is 2.93. The highest BCUT2D eigenvalue weighted by molar-refractivity contribution is 6.55. The molecular formula is C21H17Cl4NO5. The van der Waals surface area contributed by atoms with Crippen molar-refractivity contribution >= 4 is 64.2 Å². The third-order valence-electron chi connectivity index (χ3n) is 4.51. The molecule has 0 saturated heterocycles. The van der Waals surface area contributed by atoms with Crippen LogP contribution in [0.2, 0.25) is 20.1 Å². The summed E-state index contributed by atoms with van der Waals surface area (Å²) in [5, 5.41) is 8.91. The van der Waals surface area contributed by atoms with Crippen LogP contribution >= 0.6 is 46.4 Å². The lowest BCUT2D eigenvalue weighted by Gasteiger charge is -2.23. The molecule has 6 nitrogen and oxygen atoms in total. The lowest BCUT2D eigenvalue weighted by Crippen LogP contribution is -2.46. The third kappa shape index (κ3) is 4.48. The molecule has 1 aliphatic rings. The summed E-state index contributed by atoms with van der Waals surface area (Å²) in [4.78, 5) is 38.6. The van der Waals surface area contributed by atoms with Crippen LogP contribution in [0.15, 0.2) is 24.3 Å². The number of fused-ring (bicyclic) bond motifs is 1. The topological polar surface area (TPSA) is 83.9 Å². The minimum absolute atomic E-state index is 0.132. The second kappa shape index (κ2) is 8.51. The van der Waals surface area contributed by atoms with Crippen LogP contribution in [0.3, 0.4) is 0 Å². The molecule has 1 N–H and O–H groups in total. The molecule has 0 aliphatic carbocycles. The first-order valence-corrected chi connectivity index (χ1v) is 10.6. The van der Waals surface area contributed by atoms with E-state index >= 15 is 0 Å². The maximum atomic E-state index is 13.0. The summed E-state index contributed by atoms with van der Waals surface area (Å²) in [7, 11) is 0. The number of carbonyl (C=O) groups excluding carboxylic acids is 2. The van der Waals surface area contributed by atoms with E-state index in [9.17, 15) is 19.5 Å². The Hall–Kier alpha value is -1.99. The molecule has 0 fully saturated rings. The molecule has 0 unspecified atom stereocenters. The lowest BCUT2D eigenvalue weighted by molar-refractivity contribution is -0.141. The van der Waals surface area contributed by atoms with E-state index in [0.29, 0.717) is 16.2 Å². The van der Waals surface area contributed by atoms with Gasteiger partial charge in [-0.1, -0.05) is 58.5 Å². The zero-order chi connectivity index (χ0) is 23.2. The molecule has 1 atom stereocenters. The number of hydrogen-bond donors (Lipinski definition) is 1. The number of ether oxygens (including phenoxy) is 1. The number of carbonyl (C=O) groups is 3. The van der Waals surface area contributed by atoms with Gasteiger partial charge in [-0.3, -0.25) is 14.5 Å². The Morgan fingerprint density at radius 1 is 0.935 bits per heavy atom. The number of benzene rings is 2. The number of carboxylic acid groups (broad SMARTS) is 1. The van der Waals surface area contributed by atoms with Gasteiger partial charge in [0.1, 0.15) is 17.4 Å². The maximum absolute atomic E-state index is 13.0. The van der Waals surface area contributed by atoms with Crippen LogP contribution in [0.1, 0.15) is 47.1 Å². The summed E-state index contributed by atoms with van der Waals surface area (Å²) in [5.41, 5.74) is -0.331. The minimum Gasteiger partial charge on any atom is -0.488 e. The first kappa shape index (κ1) is 23.7. The molecular weight excluding hydrogens is 488 g/mol. The van der Waals surface area contributed by atoms with Gasteiger partial charge >= 0.3 is 5.97 Å². The quantitative estimate of drug-likeness (QED) is 0.317. The van der Waals surface area contributed by atoms with Gasteiger partial charge < -0.3 is 9.84 Å². The number of imide groups is 1. The summed E-state index contributed by atoms with van der Waals surface area (Å²) >= 11 is 24.2. The van der Waals surface area contributed by atoms with Crippen molar-refractivity contribution in [2.45, 2.75) is 38.8 Å². The van der Waals surface area contributed by atoms with Crippen molar-refractivity contribution in [3.05, 3.63) is 61.0 Å². The van der Waals surface area contributed by atoms with Gasteiger partial charge in [0.05, 0.1) is 31.2 Å². The van der Waals surface area contributed by atoms with Crippen LogP contribution in [0.4, 0.5) is 0 Å². The smallest absolute Gasteiger partial charge is 0.327 e. The number of nitrogens with zero attached hydrogens (tertiary/aromatic N) is 1. The third-order valence-corrected chi connectivity index (χ3v) is 6.31. The van der Waals surface area contributed by atoms with E-state index in [1.807, 2.05) is 20.8 Å². The van der Waals surface area contributed by atoms with Crippen LogP contribution in [-0.4, -0.2) is 39.4 Å². The number of carboxylic acids is 1. The summed E-state index contributed by atoms with van der Waals surface area (Å²) in [6.45, 7) is 5.70. The zero-order valence-corrected chi connectivity index (χ0v) is 19.7. The van der Waals surface area contributed by atoms with E-state index in [0.717, 1.165) is 0 Å². The van der Waals surface area contributed by atoms with E-state index < -0.39 is 29.4 Å². The molecule has 0 radical (unpaired) electrons. The average molecular weight is 505 g/mol. The van der Waals surface area contributed by atoms with Crippen molar-refractivity contribution in [2.24, 2.45) is 0 Å². The predicted octanol–water partition coefficient (Wildman–Crippen LogP) is 5.77. The van der Waals surface area contributed by atoms with Gasteiger partial charge in [0.25, 0.3) is 11.8 Å². The molecule has 0 bridgehead atoms. The highest BCUT2D eigenvalue weighted by atomic mass is 35.5. The molecule has 2 amide bonds. The van der Waals surface area contributed by atoms with Crippen LogP contribution in [0.5, 0.6) is 5.75 Å². The summed E-state index contributed by atoms with van der Waals surface area (Å²) in [6, 6.07) is 5.22. The van der Waals surface area contributed by atoms with Crippen molar-refractivity contribution in [2.75, 3.05) is 0 Å². The highest BCUT2D eigenvalue weighted by Crippen LogP contribution is 2.45. The first-order chi connectivity index (χ1) is 14.3. The second-order valence-corrected chi connectivity index (χ2v) is 9.41. The van der Waals surface area contributed by atoms with E-state index in [-0.39, 0.29) is 37.6 Å². The van der Waals surface area contributed by atoms with E-state index in [2.05, 4.69) is 0 Å². The monoisotopic (exact) mass is 503 g/mol. The van der Waals surface area contributed by atoms with Gasteiger partial charge in [0, 0.05) is 6.42 Å². The predicted molar refractivity (Wildman–Crippen MR) is 119 cm³/mol. The first-order valence-electron chi connectivity index (χ1n) is 9.08. The van der Waals surface area contributed by atoms with Gasteiger partial charge in [-0.2, -0.15) is 0 Å². The van der Waals surface area contributed by atoms with Crippen LogP contribution in [0.25, 0.3) is 0 Å². The normalized spacial score (nSPS) is 14.6. The van der Waals surface area contributed by atoms with Gasteiger partial charge in [-0.05, 0) is 38.5 Å². The summed E-state index contributed by atoms with van der Waals surface area (Å²) in [5.74, 6) is -2.56. The zero-order valence-electron chi connectivity index (χ0n) is 16.6. The molecule has 31 heavy (non-hydrogen) atoms. The number of aliphatic carboxylic acids is 1. The Kier molecular flexibility index (Phi) is 6.50. The van der Waals surface area contributed by atoms with E-state index in [1.54, 1.807) is 24.3 Å². The van der Waals surface area contributed by atoms with Gasteiger partial charge in [0.2, 0.25) is 0 Å². The van der Waals surface area contributed by atoms with Crippen molar-refractivity contribution in [3.63, 3.8) is 0 Å². The Balaban J connectivity index is 1.95. The van der Waals surface area contributed by atoms with E-state index in [1.165, 1.54) is 0 Å². The molecule has 0 aromatic heterocycles. The molecule has 1 aliphatic heterocycles. The van der Waals surface area contributed by atoms with Gasteiger partial charge in [0.15, 0.2) is 0 Å². The molecule has 0 spiro atoms. The number of amides is 2. The summed E-state index contributed by atoms with van der Waals surface area (Å²) in [6.07, 6.45) is -0.132. The number of halogens is 4. The van der Waals surface area contributed by atoms with Crippen molar-refractivity contribution < 1.29 is 24.2 Å². The van der Waals surface area contributed by atoms with Gasteiger partial charge in [-0.25, -0.2) is 4.79 Å². The molecule has 3 rings (SSSR count). The standard InChI is InChI=1S/C21H17Cl4NO5/c1-21(2,3)31-10-6-4-9(5-7-10)8-11(20(29)30)26-18(27)12-13(19(26)28)15(23)17(25)16(24)14(12)22/h4-7,11H,8H2,1-3H3,(H,29,30)/t11-/m1/s1. The molecule has 0 saturated carbocycles. The van der Waals surface area contributed by atoms with Gasteiger partial charge in [-0.15, -0.1) is 0 Å². The molecule has 1 heterocycles. The number of rotatable bonds is 5. The largest absolute Gasteiger partial charge is 0.488 e. The molecule has 10 heteroatoms.